The van der Waals surface area contributed by atoms with E-state index >= 15 is 0 Å². The van der Waals surface area contributed by atoms with E-state index < -0.39 is 24.1 Å². The molecule has 1 N–H and O–H groups in total. The van der Waals surface area contributed by atoms with E-state index in [1.54, 1.807) is 0 Å². The Balaban J connectivity index is 0. The average molecular weight is 294 g/mol. The van der Waals surface area contributed by atoms with Gasteiger partial charge in [0.2, 0.25) is 0 Å². The summed E-state index contributed by atoms with van der Waals surface area (Å²) in [7, 11) is 0. The molecule has 2 unspecified atom stereocenters. The Hall–Kier alpha value is -0.360. The third-order valence-corrected chi connectivity index (χ3v) is 2.76. The summed E-state index contributed by atoms with van der Waals surface area (Å²) < 4.78 is 5.16. The minimum absolute atomic E-state index is 0. The van der Waals surface area contributed by atoms with Gasteiger partial charge >= 0.3 is 35.5 Å². The van der Waals surface area contributed by atoms with Gasteiger partial charge in [-0.15, -0.1) is 0 Å². The molecule has 0 spiro atoms. The van der Waals surface area contributed by atoms with E-state index in [4.69, 9.17) is 4.74 Å². The van der Waals surface area contributed by atoms with Gasteiger partial charge in [-0.1, -0.05) is 26.7 Å². The Labute approximate surface area is 142 Å². The van der Waals surface area contributed by atoms with Crippen LogP contribution in [0.25, 0.3) is 0 Å². The third-order valence-electron chi connectivity index (χ3n) is 2.76. The number of carboxylic acids is 1. The molecule has 0 aliphatic rings. The summed E-state index contributed by atoms with van der Waals surface area (Å²) in [4.78, 5) is 22.3. The Morgan fingerprint density at radius 3 is 2.10 bits per heavy atom. The second-order valence-electron chi connectivity index (χ2n) is 4.59. The maximum atomic E-state index is 12.0. The van der Waals surface area contributed by atoms with Crippen molar-refractivity contribution < 1.29 is 54.1 Å². The normalized spacial score (nSPS) is 13.8. The Bertz CT molecular complexity index is 309. The van der Waals surface area contributed by atoms with Crippen molar-refractivity contribution in [3.05, 3.63) is 12.2 Å². The molecule has 0 aromatic heterocycles. The van der Waals surface area contributed by atoms with Crippen molar-refractivity contribution in [2.45, 2.75) is 58.7 Å². The molecule has 0 aliphatic carbocycles. The van der Waals surface area contributed by atoms with Gasteiger partial charge in [-0.25, -0.2) is 0 Å². The van der Waals surface area contributed by atoms with Crippen LogP contribution in [-0.4, -0.2) is 29.3 Å². The first kappa shape index (κ1) is 21.9. The summed E-state index contributed by atoms with van der Waals surface area (Å²) in [5.74, 6) is -1.98. The van der Waals surface area contributed by atoms with Gasteiger partial charge in [0.1, 0.15) is 6.10 Å². The van der Waals surface area contributed by atoms with Crippen LogP contribution in [0.2, 0.25) is 0 Å². The monoisotopic (exact) mass is 294 g/mol. The summed E-state index contributed by atoms with van der Waals surface area (Å²) >= 11 is 0. The van der Waals surface area contributed by atoms with E-state index in [1.165, 1.54) is 6.92 Å². The molecule has 0 amide bonds. The average Bonchev–Trinajstić information content (AvgIpc) is 2.33. The summed E-state index contributed by atoms with van der Waals surface area (Å²) in [6, 6.07) is 0. The number of aliphatic carboxylic acids is 1. The second-order valence-corrected chi connectivity index (χ2v) is 4.59. The van der Waals surface area contributed by atoms with Gasteiger partial charge in [0.15, 0.2) is 0 Å². The van der Waals surface area contributed by atoms with Crippen LogP contribution in [0, 0.1) is 5.92 Å². The number of ether oxygens (including phenoxy) is 1. The van der Waals surface area contributed by atoms with Crippen LogP contribution < -0.4 is 34.7 Å². The van der Waals surface area contributed by atoms with E-state index in [0.29, 0.717) is 0 Å². The van der Waals surface area contributed by atoms with Gasteiger partial charge < -0.3 is 19.7 Å². The predicted octanol–water partition coefficient (Wildman–Crippen LogP) is -2.19. The molecule has 20 heavy (non-hydrogen) atoms. The van der Waals surface area contributed by atoms with Crippen molar-refractivity contribution in [1.82, 2.24) is 0 Å². The van der Waals surface area contributed by atoms with Crippen LogP contribution in [0.3, 0.4) is 0 Å². The Morgan fingerprint density at radius 1 is 1.25 bits per heavy atom. The van der Waals surface area contributed by atoms with Crippen molar-refractivity contribution in [3.8, 4) is 0 Å². The predicted molar refractivity (Wildman–Crippen MR) is 69.0 cm³/mol. The molecule has 0 aromatic rings. The molecular formula is C14H23NaO5. The molecule has 5 nitrogen and oxygen atoms in total. The first-order chi connectivity index (χ1) is 8.92. The van der Waals surface area contributed by atoms with Crippen molar-refractivity contribution in [2.24, 2.45) is 5.92 Å². The van der Waals surface area contributed by atoms with Crippen LogP contribution in [0.15, 0.2) is 12.2 Å². The van der Waals surface area contributed by atoms with Crippen molar-refractivity contribution >= 4 is 11.9 Å². The van der Waals surface area contributed by atoms with Gasteiger partial charge in [0.05, 0.1) is 18.0 Å². The molecule has 6 heteroatoms. The number of rotatable bonds is 9. The first-order valence-electron chi connectivity index (χ1n) is 6.70. The molecule has 2 atom stereocenters. The van der Waals surface area contributed by atoms with Crippen LogP contribution in [0.4, 0.5) is 0 Å². The van der Waals surface area contributed by atoms with Crippen molar-refractivity contribution in [3.63, 3.8) is 0 Å². The number of carbonyl (C=O) groups excluding carboxylic acids is 2. The molecule has 110 valence electrons. The van der Waals surface area contributed by atoms with Crippen LogP contribution in [-0.2, 0) is 14.3 Å². The van der Waals surface area contributed by atoms with Gasteiger partial charge in [-0.05, 0) is 31.9 Å². The summed E-state index contributed by atoms with van der Waals surface area (Å²) in [5.41, 5.74) is 0. The summed E-state index contributed by atoms with van der Waals surface area (Å²) in [5, 5.41) is 19.8. The zero-order chi connectivity index (χ0) is 14.8. The van der Waals surface area contributed by atoms with Gasteiger partial charge in [0, 0.05) is 0 Å². The van der Waals surface area contributed by atoms with Gasteiger partial charge in [0.25, 0.3) is 0 Å². The first-order valence-corrected chi connectivity index (χ1v) is 6.70. The molecule has 0 fully saturated rings. The number of carbonyl (C=O) groups is 2. The molecule has 0 saturated heterocycles. The van der Waals surface area contributed by atoms with E-state index in [-0.39, 0.29) is 35.5 Å². The van der Waals surface area contributed by atoms with E-state index in [1.807, 2.05) is 13.8 Å². The number of aliphatic hydroxyl groups is 1. The maximum absolute atomic E-state index is 12.0. The Morgan fingerprint density at radius 2 is 1.75 bits per heavy atom. The molecule has 0 heterocycles. The minimum atomic E-state index is -1.39. The zero-order valence-electron chi connectivity index (χ0n) is 12.8. The SMILES string of the molecule is CCCC(CCC)C(=O)OC(/C=C/C(=O)[O-])C(C)O.[Na+]. The largest absolute Gasteiger partial charge is 1.00 e. The van der Waals surface area contributed by atoms with Crippen molar-refractivity contribution in [1.29, 1.82) is 0 Å². The summed E-state index contributed by atoms with van der Waals surface area (Å²) in [6.07, 6.45) is 3.16. The fourth-order valence-corrected chi connectivity index (χ4v) is 1.78. The summed E-state index contributed by atoms with van der Waals surface area (Å²) in [6.45, 7) is 5.41. The molecular weight excluding hydrogens is 271 g/mol. The van der Waals surface area contributed by atoms with E-state index in [0.717, 1.165) is 37.8 Å². The standard InChI is InChI=1S/C14H24O5.Na/c1-4-6-11(7-5-2)14(18)19-12(10(3)15)8-9-13(16)17;/h8-12,15H,4-7H2,1-3H3,(H,16,17);/q;+1/p-1/b9-8+;. The molecule has 0 aliphatic heterocycles. The minimum Gasteiger partial charge on any atom is -0.545 e. The van der Waals surface area contributed by atoms with Gasteiger partial charge in [-0.3, -0.25) is 4.79 Å². The number of esters is 1. The quantitative estimate of drug-likeness (QED) is 0.296. The van der Waals surface area contributed by atoms with Crippen LogP contribution in [0.5, 0.6) is 0 Å². The third kappa shape index (κ3) is 9.53. The number of aliphatic hydroxyl groups excluding tert-OH is 1. The van der Waals surface area contributed by atoms with Gasteiger partial charge in [-0.2, -0.15) is 0 Å². The molecule has 0 bridgehead atoms. The van der Waals surface area contributed by atoms with Crippen LogP contribution in [0.1, 0.15) is 46.5 Å². The smallest absolute Gasteiger partial charge is 0.545 e. The fraction of sp³-hybridized carbons (Fsp3) is 0.714. The fourth-order valence-electron chi connectivity index (χ4n) is 1.78. The van der Waals surface area contributed by atoms with E-state index in [9.17, 15) is 19.8 Å². The van der Waals surface area contributed by atoms with Crippen molar-refractivity contribution in [2.75, 3.05) is 0 Å². The molecule has 0 rings (SSSR count). The second kappa shape index (κ2) is 12.4. The van der Waals surface area contributed by atoms with E-state index in [2.05, 4.69) is 0 Å². The molecule has 0 radical (unpaired) electrons. The topological polar surface area (TPSA) is 86.7 Å². The number of hydrogen-bond acceptors (Lipinski definition) is 5. The number of hydrogen-bond donors (Lipinski definition) is 1. The zero-order valence-corrected chi connectivity index (χ0v) is 14.8. The van der Waals surface area contributed by atoms with Crippen LogP contribution >= 0.6 is 0 Å². The Kier molecular flexibility index (Phi) is 13.6. The molecule has 0 saturated carbocycles. The molecule has 0 aromatic carbocycles. The maximum Gasteiger partial charge on any atom is 1.00 e. The number of carboxylic acid groups (broad SMARTS) is 1.